The summed E-state index contributed by atoms with van der Waals surface area (Å²) in [6.45, 7) is 13.1. The predicted octanol–water partition coefficient (Wildman–Crippen LogP) is 7.58. The molecule has 36 heavy (non-hydrogen) atoms. The molecule has 0 aliphatic carbocycles. The second kappa shape index (κ2) is 15.8. The number of unbranched alkanes of at least 4 members (excludes halogenated alkanes) is 8. The molecule has 0 saturated carbocycles. The summed E-state index contributed by atoms with van der Waals surface area (Å²) in [6, 6.07) is 21.8. The molecule has 1 atom stereocenters. The summed E-state index contributed by atoms with van der Waals surface area (Å²) >= 11 is 0. The topological polar surface area (TPSA) is 35.5 Å². The van der Waals surface area contributed by atoms with Gasteiger partial charge < -0.3 is 9.16 Å². The largest absolute Gasteiger partial charge is 0.458 e. The molecule has 0 heterocycles. The van der Waals surface area contributed by atoms with E-state index in [1.165, 1.54) is 62.2 Å². The van der Waals surface area contributed by atoms with Gasteiger partial charge in [-0.15, -0.1) is 0 Å². The van der Waals surface area contributed by atoms with Gasteiger partial charge in [0.15, 0.2) is 0 Å². The lowest BCUT2D eigenvalue weighted by atomic mass is 10.0. The van der Waals surface area contributed by atoms with Crippen LogP contribution < -0.4 is 10.4 Å². The molecule has 0 fully saturated rings. The number of esters is 1. The van der Waals surface area contributed by atoms with Gasteiger partial charge in [0.25, 0.3) is 8.32 Å². The third-order valence-electron chi connectivity index (χ3n) is 6.95. The van der Waals surface area contributed by atoms with E-state index in [4.69, 9.17) is 9.16 Å². The molecular formula is C32H48O3Si. The van der Waals surface area contributed by atoms with Crippen molar-refractivity contribution in [3.63, 3.8) is 0 Å². The van der Waals surface area contributed by atoms with Crippen LogP contribution in [-0.2, 0) is 14.0 Å². The van der Waals surface area contributed by atoms with Crippen molar-refractivity contribution < 1.29 is 14.0 Å². The second-order valence-corrected chi connectivity index (χ2v) is 15.2. The van der Waals surface area contributed by atoms with Gasteiger partial charge in [-0.05, 0) is 34.7 Å². The number of hydrogen-bond donors (Lipinski definition) is 0. The molecule has 0 aromatic heterocycles. The zero-order valence-electron chi connectivity index (χ0n) is 23.1. The Morgan fingerprint density at radius 1 is 0.806 bits per heavy atom. The molecule has 2 aromatic carbocycles. The molecule has 2 rings (SSSR count). The second-order valence-electron chi connectivity index (χ2n) is 10.9. The van der Waals surface area contributed by atoms with Crippen LogP contribution >= 0.6 is 0 Å². The summed E-state index contributed by atoms with van der Waals surface area (Å²) < 4.78 is 12.2. The molecule has 2 aromatic rings. The molecule has 0 amide bonds. The molecule has 4 heteroatoms. The minimum atomic E-state index is -2.40. The van der Waals surface area contributed by atoms with Crippen molar-refractivity contribution in [1.82, 2.24) is 0 Å². The fraction of sp³-hybridized carbons (Fsp3) is 0.531. The van der Waals surface area contributed by atoms with Crippen molar-refractivity contribution >= 4 is 24.7 Å². The van der Waals surface area contributed by atoms with Crippen molar-refractivity contribution in [2.75, 3.05) is 6.61 Å². The van der Waals surface area contributed by atoms with E-state index in [1.807, 2.05) is 0 Å². The normalized spacial score (nSPS) is 12.8. The van der Waals surface area contributed by atoms with Crippen LogP contribution in [0.15, 0.2) is 73.3 Å². The number of rotatable bonds is 17. The number of ether oxygens (including phenoxy) is 1. The lowest BCUT2D eigenvalue weighted by Gasteiger charge is -2.43. The van der Waals surface area contributed by atoms with Gasteiger partial charge >= 0.3 is 5.97 Å². The average molecular weight is 509 g/mol. The van der Waals surface area contributed by atoms with Gasteiger partial charge in [0.05, 0.1) is 0 Å². The summed E-state index contributed by atoms with van der Waals surface area (Å²) in [5, 5.41) is 2.76. The van der Waals surface area contributed by atoms with Crippen LogP contribution in [0.1, 0.15) is 91.9 Å². The van der Waals surface area contributed by atoms with Crippen molar-refractivity contribution in [3.05, 3.63) is 73.3 Å². The number of benzene rings is 2. The fourth-order valence-electron chi connectivity index (χ4n) is 5.11. The maximum absolute atomic E-state index is 11.1. The third-order valence-corrected chi connectivity index (χ3v) is 12.0. The fourth-order valence-corrected chi connectivity index (χ4v) is 9.72. The van der Waals surface area contributed by atoms with Crippen molar-refractivity contribution in [2.45, 2.75) is 103 Å². The Balaban J connectivity index is 1.73. The standard InChI is InChI=1S/C32H48O3Si/c1-6-29(35-28(2)33)22-16-12-10-8-7-9-11-13-21-27-34-36(32(3,4)5,30-23-17-14-18-24-30)31-25-19-15-20-26-31/h6,14-15,17-20,23-26,29H,1,7-13,16,21-22,27H2,2-5H3/t29-/m1/s1. The Bertz CT molecular complexity index is 834. The van der Waals surface area contributed by atoms with Gasteiger partial charge in [0.2, 0.25) is 0 Å². The first kappa shape index (κ1) is 30.1. The molecule has 0 N–H and O–H groups in total. The van der Waals surface area contributed by atoms with Crippen LogP contribution in [0.2, 0.25) is 5.04 Å². The summed E-state index contributed by atoms with van der Waals surface area (Å²) in [6.07, 6.45) is 13.5. The van der Waals surface area contributed by atoms with E-state index < -0.39 is 8.32 Å². The Morgan fingerprint density at radius 3 is 1.67 bits per heavy atom. The summed E-state index contributed by atoms with van der Waals surface area (Å²) in [4.78, 5) is 11.1. The lowest BCUT2D eigenvalue weighted by Crippen LogP contribution is -2.66. The highest BCUT2D eigenvalue weighted by Gasteiger charge is 2.49. The van der Waals surface area contributed by atoms with Gasteiger partial charge in [-0.2, -0.15) is 0 Å². The molecular weight excluding hydrogens is 460 g/mol. The zero-order chi connectivity index (χ0) is 26.3. The maximum Gasteiger partial charge on any atom is 0.303 e. The SMILES string of the molecule is C=C[C@H](CCCCCCCCCCCO[Si](c1ccccc1)(c1ccccc1)C(C)(C)C)OC(C)=O. The van der Waals surface area contributed by atoms with Crippen molar-refractivity contribution in [3.8, 4) is 0 Å². The maximum atomic E-state index is 11.1. The highest BCUT2D eigenvalue weighted by molar-refractivity contribution is 6.99. The van der Waals surface area contributed by atoms with Crippen LogP contribution in [0.3, 0.4) is 0 Å². The summed E-state index contributed by atoms with van der Waals surface area (Å²) in [7, 11) is -2.40. The Morgan fingerprint density at radius 2 is 1.25 bits per heavy atom. The third kappa shape index (κ3) is 9.37. The molecule has 198 valence electrons. The minimum absolute atomic E-state index is 0.0413. The molecule has 0 radical (unpaired) electrons. The molecule has 0 unspecified atom stereocenters. The Labute approximate surface area is 221 Å². The highest BCUT2D eigenvalue weighted by atomic mass is 28.4. The van der Waals surface area contributed by atoms with Gasteiger partial charge in [-0.25, -0.2) is 0 Å². The van der Waals surface area contributed by atoms with E-state index in [0.717, 1.165) is 25.9 Å². The van der Waals surface area contributed by atoms with Crippen LogP contribution in [0.5, 0.6) is 0 Å². The quantitative estimate of drug-likeness (QED) is 0.0956. The summed E-state index contributed by atoms with van der Waals surface area (Å²) in [5.41, 5.74) is 0. The summed E-state index contributed by atoms with van der Waals surface area (Å²) in [5.74, 6) is -0.225. The van der Waals surface area contributed by atoms with Gasteiger partial charge in [-0.3, -0.25) is 4.79 Å². The van der Waals surface area contributed by atoms with Crippen molar-refractivity contribution in [2.24, 2.45) is 0 Å². The van der Waals surface area contributed by atoms with E-state index in [-0.39, 0.29) is 17.1 Å². The van der Waals surface area contributed by atoms with Gasteiger partial charge in [-0.1, -0.05) is 139 Å². The van der Waals surface area contributed by atoms with Gasteiger partial charge in [0.1, 0.15) is 6.10 Å². The number of carbonyl (C=O) groups is 1. The molecule has 0 spiro atoms. The average Bonchev–Trinajstić information content (AvgIpc) is 2.86. The highest BCUT2D eigenvalue weighted by Crippen LogP contribution is 2.36. The minimum Gasteiger partial charge on any atom is -0.458 e. The van der Waals surface area contributed by atoms with Gasteiger partial charge in [0, 0.05) is 13.5 Å². The molecule has 0 aliphatic rings. The van der Waals surface area contributed by atoms with E-state index >= 15 is 0 Å². The monoisotopic (exact) mass is 508 g/mol. The predicted molar refractivity (Wildman–Crippen MR) is 155 cm³/mol. The molecule has 0 aliphatic heterocycles. The zero-order valence-corrected chi connectivity index (χ0v) is 24.1. The molecule has 3 nitrogen and oxygen atoms in total. The van der Waals surface area contributed by atoms with Crippen molar-refractivity contribution in [1.29, 1.82) is 0 Å². The van der Waals surface area contributed by atoms with E-state index in [9.17, 15) is 4.79 Å². The first-order chi connectivity index (χ1) is 17.3. The molecule has 0 saturated heterocycles. The van der Waals surface area contributed by atoms with Crippen LogP contribution in [0.25, 0.3) is 0 Å². The van der Waals surface area contributed by atoms with E-state index in [1.54, 1.807) is 6.08 Å². The smallest absolute Gasteiger partial charge is 0.303 e. The number of carbonyl (C=O) groups excluding carboxylic acids is 1. The Hall–Kier alpha value is -2.17. The first-order valence-electron chi connectivity index (χ1n) is 13.9. The molecule has 0 bridgehead atoms. The van der Waals surface area contributed by atoms with E-state index in [2.05, 4.69) is 88.0 Å². The van der Waals surface area contributed by atoms with Crippen LogP contribution in [-0.4, -0.2) is 27.0 Å². The van der Waals surface area contributed by atoms with Crippen LogP contribution in [0.4, 0.5) is 0 Å². The number of hydrogen-bond acceptors (Lipinski definition) is 3. The lowest BCUT2D eigenvalue weighted by molar-refractivity contribution is -0.144. The van der Waals surface area contributed by atoms with E-state index in [0.29, 0.717) is 0 Å². The Kier molecular flexibility index (Phi) is 13.2. The van der Waals surface area contributed by atoms with Crippen LogP contribution in [0, 0.1) is 0 Å². The first-order valence-corrected chi connectivity index (χ1v) is 15.8.